The van der Waals surface area contributed by atoms with Gasteiger partial charge in [0, 0.05) is 16.7 Å². The van der Waals surface area contributed by atoms with Crippen molar-refractivity contribution < 1.29 is 18.7 Å². The number of anilines is 1. The Morgan fingerprint density at radius 3 is 2.79 bits per heavy atom. The second kappa shape index (κ2) is 5.13. The van der Waals surface area contributed by atoms with Crippen LogP contribution in [0.15, 0.2) is 16.7 Å². The molecule has 0 radical (unpaired) electrons. The molecule has 19 heavy (non-hydrogen) atoms. The first kappa shape index (κ1) is 14.3. The molecule has 1 aliphatic rings. The van der Waals surface area contributed by atoms with Gasteiger partial charge in [-0.15, -0.1) is 0 Å². The molecule has 0 saturated heterocycles. The Hall–Kier alpha value is -1.08. The summed E-state index contributed by atoms with van der Waals surface area (Å²) in [4.78, 5) is 15.4. The van der Waals surface area contributed by atoms with E-state index in [1.54, 1.807) is 6.92 Å². The van der Waals surface area contributed by atoms with Crippen LogP contribution in [0, 0.1) is 0 Å². The minimum atomic E-state index is -3.07. The van der Waals surface area contributed by atoms with Gasteiger partial charge in [-0.1, -0.05) is 0 Å². The normalized spacial score (nSPS) is 26.1. The lowest BCUT2D eigenvalue weighted by Crippen LogP contribution is -2.48. The molecule has 1 heterocycles. The average molecular weight is 335 g/mol. The highest BCUT2D eigenvalue weighted by atomic mass is 79.9. The van der Waals surface area contributed by atoms with Gasteiger partial charge in [0.1, 0.15) is 5.82 Å². The van der Waals surface area contributed by atoms with Crippen molar-refractivity contribution in [1.82, 2.24) is 4.98 Å². The molecule has 0 spiro atoms. The molecule has 4 nitrogen and oxygen atoms in total. The second-order valence-corrected chi connectivity index (χ2v) is 5.88. The number of hydrogen-bond acceptors (Lipinski definition) is 4. The number of ketones is 1. The van der Waals surface area contributed by atoms with E-state index in [1.165, 1.54) is 12.3 Å². The van der Waals surface area contributed by atoms with E-state index in [4.69, 9.17) is 0 Å². The predicted octanol–water partition coefficient (Wildman–Crippen LogP) is 2.62. The summed E-state index contributed by atoms with van der Waals surface area (Å²) in [5, 5.41) is 12.5. The molecule has 0 aliphatic heterocycles. The van der Waals surface area contributed by atoms with Gasteiger partial charge < -0.3 is 10.4 Å². The van der Waals surface area contributed by atoms with Crippen molar-refractivity contribution in [3.63, 3.8) is 0 Å². The molecule has 1 saturated carbocycles. The number of hydrogen-bond donors (Lipinski definition) is 2. The topological polar surface area (TPSA) is 62.2 Å². The third kappa shape index (κ3) is 3.27. The van der Waals surface area contributed by atoms with Gasteiger partial charge >= 0.3 is 6.43 Å². The number of nitrogens with zero attached hydrogens (tertiary/aromatic N) is 1. The van der Waals surface area contributed by atoms with Crippen LogP contribution in [0.2, 0.25) is 0 Å². The van der Waals surface area contributed by atoms with Gasteiger partial charge in [0.2, 0.25) is 5.78 Å². The number of Topliss-reactive ketones (excluding diaryl/α,β-unsaturated/α-hetero) is 1. The van der Waals surface area contributed by atoms with E-state index in [0.717, 1.165) is 0 Å². The summed E-state index contributed by atoms with van der Waals surface area (Å²) < 4.78 is 25.5. The Balaban J connectivity index is 2.18. The zero-order valence-electron chi connectivity index (χ0n) is 10.2. The maximum Gasteiger partial charge on any atom is 0.300 e. The zero-order chi connectivity index (χ0) is 14.2. The summed E-state index contributed by atoms with van der Waals surface area (Å²) in [6.45, 7) is 1.70. The highest BCUT2D eigenvalue weighted by Gasteiger charge is 2.39. The molecular weight excluding hydrogens is 322 g/mol. The van der Waals surface area contributed by atoms with Crippen LogP contribution in [0.25, 0.3) is 0 Å². The number of halogens is 3. The van der Waals surface area contributed by atoms with E-state index in [2.05, 4.69) is 26.2 Å². The number of carbonyl (C=O) groups is 1. The summed E-state index contributed by atoms with van der Waals surface area (Å²) in [5.41, 5.74) is -0.879. The molecule has 0 aromatic carbocycles. The van der Waals surface area contributed by atoms with E-state index < -0.39 is 17.8 Å². The largest absolute Gasteiger partial charge is 0.390 e. The number of carbonyl (C=O) groups excluding carboxylic acids is 1. The number of alkyl halides is 2. The molecular formula is C12H13BrF2N2O2. The molecule has 1 aromatic heterocycles. The van der Waals surface area contributed by atoms with Gasteiger partial charge in [-0.3, -0.25) is 4.79 Å². The summed E-state index contributed by atoms with van der Waals surface area (Å²) >= 11 is 3.10. The lowest BCUT2D eigenvalue weighted by atomic mass is 9.77. The molecule has 1 aromatic rings. The Morgan fingerprint density at radius 1 is 1.63 bits per heavy atom. The van der Waals surface area contributed by atoms with Gasteiger partial charge in [-0.05, 0) is 41.8 Å². The van der Waals surface area contributed by atoms with Gasteiger partial charge in [-0.25, -0.2) is 13.8 Å². The number of pyridine rings is 1. The first-order valence-corrected chi connectivity index (χ1v) is 6.54. The van der Waals surface area contributed by atoms with Crippen LogP contribution < -0.4 is 5.32 Å². The van der Waals surface area contributed by atoms with Crippen molar-refractivity contribution in [3.8, 4) is 0 Å². The van der Waals surface area contributed by atoms with E-state index in [9.17, 15) is 18.7 Å². The molecule has 104 valence electrons. The fourth-order valence-electron chi connectivity index (χ4n) is 2.16. The highest BCUT2D eigenvalue weighted by Crippen LogP contribution is 2.34. The van der Waals surface area contributed by atoms with Crippen LogP contribution in [0.1, 0.15) is 30.1 Å². The second-order valence-electron chi connectivity index (χ2n) is 4.96. The van der Waals surface area contributed by atoms with Crippen LogP contribution in [0.4, 0.5) is 14.6 Å². The maximum atomic E-state index is 12.5. The van der Waals surface area contributed by atoms with E-state index in [1.807, 2.05) is 0 Å². The predicted molar refractivity (Wildman–Crippen MR) is 69.5 cm³/mol. The lowest BCUT2D eigenvalue weighted by molar-refractivity contribution is -0.0235. The van der Waals surface area contributed by atoms with Crippen LogP contribution in [-0.2, 0) is 0 Å². The Morgan fingerprint density at radius 2 is 2.26 bits per heavy atom. The molecule has 0 atom stereocenters. The molecule has 2 N–H and O–H groups in total. The molecule has 0 unspecified atom stereocenters. The van der Waals surface area contributed by atoms with Gasteiger partial charge in [0.15, 0.2) is 0 Å². The van der Waals surface area contributed by atoms with Crippen LogP contribution in [-0.4, -0.2) is 33.9 Å². The first-order valence-electron chi connectivity index (χ1n) is 5.75. The fourth-order valence-corrected chi connectivity index (χ4v) is 2.49. The summed E-state index contributed by atoms with van der Waals surface area (Å²) in [6.07, 6.45) is -0.650. The van der Waals surface area contributed by atoms with Gasteiger partial charge in [-0.2, -0.15) is 0 Å². The Labute approximate surface area is 117 Å². The van der Waals surface area contributed by atoms with Crippen molar-refractivity contribution in [2.75, 3.05) is 5.32 Å². The van der Waals surface area contributed by atoms with Crippen molar-refractivity contribution in [2.24, 2.45) is 0 Å². The lowest BCUT2D eigenvalue weighted by Gasteiger charge is -2.41. The molecule has 0 amide bonds. The Bertz CT molecular complexity index is 501. The quantitative estimate of drug-likeness (QED) is 0.831. The SMILES string of the molecule is C[C@]1(O)C[C@@H](Nc2ncc(Br)cc2C(=O)C(F)F)C1. The minimum Gasteiger partial charge on any atom is -0.390 e. The number of aliphatic hydroxyl groups is 1. The van der Waals surface area contributed by atoms with Crippen molar-refractivity contribution in [3.05, 3.63) is 22.3 Å². The Kier molecular flexibility index (Phi) is 3.87. The van der Waals surface area contributed by atoms with Crippen molar-refractivity contribution in [2.45, 2.75) is 37.8 Å². The summed E-state index contributed by atoms with van der Waals surface area (Å²) in [5.74, 6) is -1.13. The van der Waals surface area contributed by atoms with E-state index in [0.29, 0.717) is 17.3 Å². The molecule has 7 heteroatoms. The van der Waals surface area contributed by atoms with Gasteiger partial charge in [0.05, 0.1) is 11.2 Å². The van der Waals surface area contributed by atoms with Crippen molar-refractivity contribution in [1.29, 1.82) is 0 Å². The monoisotopic (exact) mass is 334 g/mol. The minimum absolute atomic E-state index is 0.0621. The maximum absolute atomic E-state index is 12.5. The van der Waals surface area contributed by atoms with Gasteiger partial charge in [0.25, 0.3) is 0 Å². The fraction of sp³-hybridized carbons (Fsp3) is 0.500. The average Bonchev–Trinajstić information content (AvgIpc) is 2.27. The number of aromatic nitrogens is 1. The third-order valence-corrected chi connectivity index (χ3v) is 3.46. The van der Waals surface area contributed by atoms with Crippen LogP contribution in [0.5, 0.6) is 0 Å². The van der Waals surface area contributed by atoms with Crippen LogP contribution in [0.3, 0.4) is 0 Å². The first-order chi connectivity index (χ1) is 8.78. The standard InChI is InChI=1S/C12H13BrF2N2O2/c1-12(19)3-7(4-12)17-11-8(9(18)10(14)15)2-6(13)5-16-11/h2,5,7,10,19H,3-4H2,1H3,(H,16,17)/t7-,12+. The van der Waals surface area contributed by atoms with E-state index in [-0.39, 0.29) is 17.4 Å². The molecule has 1 aliphatic carbocycles. The van der Waals surface area contributed by atoms with E-state index >= 15 is 0 Å². The molecule has 0 bridgehead atoms. The number of rotatable bonds is 4. The zero-order valence-corrected chi connectivity index (χ0v) is 11.7. The smallest absolute Gasteiger partial charge is 0.300 e. The number of nitrogens with one attached hydrogen (secondary N) is 1. The third-order valence-electron chi connectivity index (χ3n) is 3.03. The highest BCUT2D eigenvalue weighted by molar-refractivity contribution is 9.10. The van der Waals surface area contributed by atoms with Crippen molar-refractivity contribution >= 4 is 27.5 Å². The molecule has 1 fully saturated rings. The summed E-state index contributed by atoms with van der Waals surface area (Å²) in [6, 6.07) is 1.26. The molecule has 2 rings (SSSR count). The summed E-state index contributed by atoms with van der Waals surface area (Å²) in [7, 11) is 0. The van der Waals surface area contributed by atoms with Crippen LogP contribution >= 0.6 is 15.9 Å².